The molecule has 0 saturated carbocycles. The molecule has 0 spiro atoms. The zero-order valence-electron chi connectivity index (χ0n) is 14.5. The number of rotatable bonds is 5. The normalized spacial score (nSPS) is 18.9. The number of ether oxygens (including phenoxy) is 1. The van der Waals surface area contributed by atoms with Gasteiger partial charge in [0.25, 0.3) is 0 Å². The van der Waals surface area contributed by atoms with E-state index in [1.165, 1.54) is 0 Å². The highest BCUT2D eigenvalue weighted by Gasteiger charge is 2.35. The maximum absolute atomic E-state index is 13.3. The summed E-state index contributed by atoms with van der Waals surface area (Å²) in [7, 11) is -3.61. The zero-order valence-corrected chi connectivity index (χ0v) is 15.3. The highest BCUT2D eigenvalue weighted by molar-refractivity contribution is 7.89. The van der Waals surface area contributed by atoms with Crippen LogP contribution in [0.4, 0.5) is 0 Å². The highest BCUT2D eigenvalue weighted by atomic mass is 32.2. The molecule has 3 rings (SSSR count). The van der Waals surface area contributed by atoms with Crippen LogP contribution < -0.4 is 10.1 Å². The molecule has 1 unspecified atom stereocenters. The second kappa shape index (κ2) is 7.51. The molecule has 1 fully saturated rings. The molecular formula is C18H23N3O3S. The molecule has 1 atom stereocenters. The maximum Gasteiger partial charge on any atom is 0.243 e. The summed E-state index contributed by atoms with van der Waals surface area (Å²) in [6, 6.07) is 8.61. The Kier molecular flexibility index (Phi) is 5.36. The van der Waals surface area contributed by atoms with Crippen LogP contribution in [0.2, 0.25) is 0 Å². The van der Waals surface area contributed by atoms with Gasteiger partial charge in [-0.15, -0.1) is 0 Å². The summed E-state index contributed by atoms with van der Waals surface area (Å²) >= 11 is 0. The van der Waals surface area contributed by atoms with Crippen molar-refractivity contribution in [1.29, 1.82) is 0 Å². The largest absolute Gasteiger partial charge is 0.494 e. The molecule has 0 bridgehead atoms. The van der Waals surface area contributed by atoms with Crippen LogP contribution in [0.25, 0.3) is 0 Å². The van der Waals surface area contributed by atoms with E-state index in [4.69, 9.17) is 4.74 Å². The number of hydrogen-bond donors (Lipinski definition) is 1. The molecular weight excluding hydrogens is 338 g/mol. The lowest BCUT2D eigenvalue weighted by atomic mass is 10.1. The molecule has 1 saturated heterocycles. The fourth-order valence-electron chi connectivity index (χ4n) is 3.12. The van der Waals surface area contributed by atoms with E-state index in [1.807, 2.05) is 19.1 Å². The van der Waals surface area contributed by atoms with Crippen LogP contribution in [0.3, 0.4) is 0 Å². The molecule has 134 valence electrons. The molecule has 1 aliphatic heterocycles. The maximum atomic E-state index is 13.3. The predicted octanol–water partition coefficient (Wildman–Crippen LogP) is 2.12. The van der Waals surface area contributed by atoms with Crippen molar-refractivity contribution in [3.8, 4) is 5.75 Å². The number of aromatic nitrogens is 1. The Balaban J connectivity index is 1.97. The van der Waals surface area contributed by atoms with Gasteiger partial charge in [0.05, 0.1) is 17.5 Å². The average molecular weight is 361 g/mol. The second-order valence-electron chi connectivity index (χ2n) is 5.98. The lowest BCUT2D eigenvalue weighted by molar-refractivity contribution is 0.271. The molecule has 1 aromatic carbocycles. The predicted molar refractivity (Wildman–Crippen MR) is 96.1 cm³/mol. The van der Waals surface area contributed by atoms with Crippen molar-refractivity contribution in [1.82, 2.24) is 14.6 Å². The summed E-state index contributed by atoms with van der Waals surface area (Å²) in [5.41, 5.74) is 1.58. The summed E-state index contributed by atoms with van der Waals surface area (Å²) in [6.45, 7) is 5.88. The molecule has 1 aliphatic rings. The van der Waals surface area contributed by atoms with Crippen LogP contribution in [0, 0.1) is 6.92 Å². The minimum absolute atomic E-state index is 0.265. The quantitative estimate of drug-likeness (QED) is 0.883. The van der Waals surface area contributed by atoms with Gasteiger partial charge in [0.15, 0.2) is 0 Å². The number of hydrogen-bond acceptors (Lipinski definition) is 5. The molecule has 2 heterocycles. The van der Waals surface area contributed by atoms with Gasteiger partial charge < -0.3 is 10.1 Å². The number of nitrogens with zero attached hydrogens (tertiary/aromatic N) is 2. The zero-order chi connectivity index (χ0) is 17.9. The lowest BCUT2D eigenvalue weighted by Crippen LogP contribution is -2.48. The standard InChI is InChI=1S/C18H23N3O3S/c1-3-24-16-6-7-18(14(2)11-16)25(22,23)21-10-9-20-13-17(21)15-5-4-8-19-12-15/h4-8,11-12,17,20H,3,9-10,13H2,1-2H3. The Bertz CT molecular complexity index is 825. The number of benzene rings is 1. The van der Waals surface area contributed by atoms with Crippen LogP contribution in [-0.2, 0) is 10.0 Å². The number of pyridine rings is 1. The van der Waals surface area contributed by atoms with Gasteiger partial charge in [-0.25, -0.2) is 8.42 Å². The first-order valence-corrected chi connectivity index (χ1v) is 9.84. The Morgan fingerprint density at radius 3 is 2.88 bits per heavy atom. The van der Waals surface area contributed by atoms with Crippen LogP contribution in [0.5, 0.6) is 5.75 Å². The Morgan fingerprint density at radius 1 is 1.36 bits per heavy atom. The minimum Gasteiger partial charge on any atom is -0.494 e. The van der Waals surface area contributed by atoms with E-state index in [1.54, 1.807) is 41.8 Å². The van der Waals surface area contributed by atoms with E-state index in [2.05, 4.69) is 10.3 Å². The highest BCUT2D eigenvalue weighted by Crippen LogP contribution is 2.31. The monoisotopic (exact) mass is 361 g/mol. The summed E-state index contributed by atoms with van der Waals surface area (Å²) < 4.78 is 33.6. The molecule has 0 radical (unpaired) electrons. The number of piperazine rings is 1. The fraction of sp³-hybridized carbons (Fsp3) is 0.389. The minimum atomic E-state index is -3.61. The van der Waals surface area contributed by atoms with E-state index in [-0.39, 0.29) is 6.04 Å². The smallest absolute Gasteiger partial charge is 0.243 e. The Labute approximate surface area is 148 Å². The van der Waals surface area contributed by atoms with Crippen molar-refractivity contribution in [3.63, 3.8) is 0 Å². The molecule has 6 nitrogen and oxygen atoms in total. The van der Waals surface area contributed by atoms with Gasteiger partial charge >= 0.3 is 0 Å². The van der Waals surface area contributed by atoms with Crippen molar-refractivity contribution in [2.24, 2.45) is 0 Å². The number of nitrogens with one attached hydrogen (secondary N) is 1. The van der Waals surface area contributed by atoms with Gasteiger partial charge in [-0.05, 0) is 49.2 Å². The third kappa shape index (κ3) is 3.68. The molecule has 2 aromatic rings. The van der Waals surface area contributed by atoms with Crippen molar-refractivity contribution >= 4 is 10.0 Å². The van der Waals surface area contributed by atoms with Crippen molar-refractivity contribution < 1.29 is 13.2 Å². The van der Waals surface area contributed by atoms with Gasteiger partial charge in [0, 0.05) is 32.0 Å². The summed E-state index contributed by atoms with van der Waals surface area (Å²) in [5, 5.41) is 3.27. The molecule has 0 aliphatic carbocycles. The molecule has 1 aromatic heterocycles. The van der Waals surface area contributed by atoms with E-state index >= 15 is 0 Å². The first-order chi connectivity index (χ1) is 12.0. The summed E-state index contributed by atoms with van der Waals surface area (Å²) in [6.07, 6.45) is 3.42. The summed E-state index contributed by atoms with van der Waals surface area (Å²) in [5.74, 6) is 0.683. The Morgan fingerprint density at radius 2 is 2.20 bits per heavy atom. The topological polar surface area (TPSA) is 71.5 Å². The SMILES string of the molecule is CCOc1ccc(S(=O)(=O)N2CCNCC2c2cccnc2)c(C)c1. The van der Waals surface area contributed by atoms with Gasteiger partial charge in [-0.1, -0.05) is 6.07 Å². The van der Waals surface area contributed by atoms with Crippen molar-refractivity contribution in [2.45, 2.75) is 24.8 Å². The second-order valence-corrected chi connectivity index (χ2v) is 7.84. The fourth-order valence-corrected chi connectivity index (χ4v) is 4.95. The molecule has 1 N–H and O–H groups in total. The first-order valence-electron chi connectivity index (χ1n) is 8.40. The van der Waals surface area contributed by atoms with Gasteiger partial charge in [0.1, 0.15) is 5.75 Å². The van der Waals surface area contributed by atoms with Crippen molar-refractivity contribution in [2.75, 3.05) is 26.2 Å². The van der Waals surface area contributed by atoms with Crippen LogP contribution in [0.1, 0.15) is 24.1 Å². The van der Waals surface area contributed by atoms with E-state index < -0.39 is 10.0 Å². The van der Waals surface area contributed by atoms with Gasteiger partial charge in [-0.3, -0.25) is 4.98 Å². The van der Waals surface area contributed by atoms with Crippen molar-refractivity contribution in [3.05, 3.63) is 53.9 Å². The van der Waals surface area contributed by atoms with E-state index in [9.17, 15) is 8.42 Å². The third-order valence-electron chi connectivity index (χ3n) is 4.31. The third-order valence-corrected chi connectivity index (χ3v) is 6.38. The van der Waals surface area contributed by atoms with Gasteiger partial charge in [0.2, 0.25) is 10.0 Å². The van der Waals surface area contributed by atoms with E-state index in [0.29, 0.717) is 42.4 Å². The van der Waals surface area contributed by atoms with Gasteiger partial charge in [-0.2, -0.15) is 4.31 Å². The summed E-state index contributed by atoms with van der Waals surface area (Å²) in [4.78, 5) is 4.46. The lowest BCUT2D eigenvalue weighted by Gasteiger charge is -2.35. The molecule has 25 heavy (non-hydrogen) atoms. The van der Waals surface area contributed by atoms with E-state index in [0.717, 1.165) is 5.56 Å². The Hall–Kier alpha value is -1.96. The average Bonchev–Trinajstić information content (AvgIpc) is 2.62. The molecule has 7 heteroatoms. The molecule has 0 amide bonds. The van der Waals surface area contributed by atoms with Crippen LogP contribution in [0.15, 0.2) is 47.6 Å². The first kappa shape index (κ1) is 17.8. The van der Waals surface area contributed by atoms with Crippen LogP contribution in [-0.4, -0.2) is 43.9 Å². The van der Waals surface area contributed by atoms with Crippen LogP contribution >= 0.6 is 0 Å². The number of sulfonamides is 1. The number of aryl methyl sites for hydroxylation is 1.